The van der Waals surface area contributed by atoms with Crippen LogP contribution in [0.25, 0.3) is 33.5 Å². The van der Waals surface area contributed by atoms with Crippen molar-refractivity contribution in [3.05, 3.63) is 77.9 Å². The Morgan fingerprint density at radius 3 is 2.73 bits per heavy atom. The highest BCUT2D eigenvalue weighted by Gasteiger charge is 2.25. The van der Waals surface area contributed by atoms with Gasteiger partial charge in [-0.25, -0.2) is 0 Å². The van der Waals surface area contributed by atoms with Gasteiger partial charge in [0.05, 0.1) is 5.69 Å². The maximum absolute atomic E-state index is 12.7. The number of aromatic nitrogens is 3. The topological polar surface area (TPSA) is 85.3 Å². The molecule has 0 spiro atoms. The predicted molar refractivity (Wildman–Crippen MR) is 128 cm³/mol. The van der Waals surface area contributed by atoms with E-state index in [1.165, 1.54) is 0 Å². The van der Waals surface area contributed by atoms with Gasteiger partial charge in [-0.1, -0.05) is 36.4 Å². The van der Waals surface area contributed by atoms with E-state index in [4.69, 9.17) is 0 Å². The minimum Gasteiger partial charge on any atom is -0.507 e. The highest BCUT2D eigenvalue weighted by atomic mass is 16.3. The molecular weight excluding hydrogens is 414 g/mol. The number of rotatable bonds is 5. The van der Waals surface area contributed by atoms with Crippen LogP contribution in [0.2, 0.25) is 0 Å². The first-order valence-corrected chi connectivity index (χ1v) is 10.9. The second kappa shape index (κ2) is 8.52. The average molecular weight is 440 g/mol. The monoisotopic (exact) mass is 439 g/mol. The molecule has 7 heteroatoms. The van der Waals surface area contributed by atoms with Crippen LogP contribution in [0.1, 0.15) is 11.1 Å². The number of aromatic amines is 1. The third-order valence-electron chi connectivity index (χ3n) is 5.87. The molecule has 0 unspecified atom stereocenters. The molecule has 0 saturated heterocycles. The van der Waals surface area contributed by atoms with E-state index in [1.54, 1.807) is 18.2 Å². The number of H-pyrrole nitrogens is 1. The summed E-state index contributed by atoms with van der Waals surface area (Å²) in [6.07, 6.45) is 3.55. The van der Waals surface area contributed by atoms with Gasteiger partial charge in [0.2, 0.25) is 5.91 Å². The largest absolute Gasteiger partial charge is 0.507 e. The zero-order valence-corrected chi connectivity index (χ0v) is 18.6. The van der Waals surface area contributed by atoms with E-state index in [0.29, 0.717) is 30.0 Å². The third-order valence-corrected chi connectivity index (χ3v) is 5.87. The summed E-state index contributed by atoms with van der Waals surface area (Å²) in [5, 5.41) is 19.7. The molecule has 1 amide bonds. The van der Waals surface area contributed by atoms with Crippen LogP contribution in [0, 0.1) is 0 Å². The number of phenols is 1. The van der Waals surface area contributed by atoms with Crippen LogP contribution in [0.5, 0.6) is 5.75 Å². The number of nitrogens with one attached hydrogen (secondary N) is 1. The number of phenolic OH excluding ortho intramolecular Hbond substituents is 1. The van der Waals surface area contributed by atoms with Crippen molar-refractivity contribution in [1.82, 2.24) is 25.0 Å². The van der Waals surface area contributed by atoms with Crippen molar-refractivity contribution in [2.75, 3.05) is 20.6 Å². The van der Waals surface area contributed by atoms with Gasteiger partial charge in [0, 0.05) is 47.9 Å². The molecule has 166 valence electrons. The van der Waals surface area contributed by atoms with E-state index >= 15 is 0 Å². The van der Waals surface area contributed by atoms with E-state index in [2.05, 4.69) is 27.3 Å². The van der Waals surface area contributed by atoms with Crippen LogP contribution < -0.4 is 0 Å². The molecule has 0 saturated carbocycles. The van der Waals surface area contributed by atoms with Crippen LogP contribution in [0.3, 0.4) is 0 Å². The highest BCUT2D eigenvalue weighted by molar-refractivity contribution is 5.89. The first-order valence-electron chi connectivity index (χ1n) is 10.9. The third kappa shape index (κ3) is 4.10. The lowest BCUT2D eigenvalue weighted by atomic mass is 10.0. The number of benzene rings is 2. The SMILES string of the molecule is CN(C)C/C=C/C(=O)N1Cc2cccc(-c3cc4cc(-c5ccccc5O)nnc4[nH]3)c2C1. The first-order chi connectivity index (χ1) is 16.0. The first kappa shape index (κ1) is 20.9. The van der Waals surface area contributed by atoms with Crippen molar-refractivity contribution >= 4 is 16.9 Å². The lowest BCUT2D eigenvalue weighted by Gasteiger charge is -2.13. The van der Waals surface area contributed by atoms with Crippen LogP contribution in [0.4, 0.5) is 0 Å². The molecule has 2 aromatic heterocycles. The van der Waals surface area contributed by atoms with Crippen molar-refractivity contribution in [2.45, 2.75) is 13.1 Å². The van der Waals surface area contributed by atoms with Crippen LogP contribution >= 0.6 is 0 Å². The Balaban J connectivity index is 1.44. The molecule has 33 heavy (non-hydrogen) atoms. The summed E-state index contributed by atoms with van der Waals surface area (Å²) in [4.78, 5) is 19.9. The maximum Gasteiger partial charge on any atom is 0.246 e. The van der Waals surface area contributed by atoms with Gasteiger partial charge in [-0.3, -0.25) is 4.79 Å². The van der Waals surface area contributed by atoms with Gasteiger partial charge in [0.25, 0.3) is 0 Å². The van der Waals surface area contributed by atoms with Crippen molar-refractivity contribution in [1.29, 1.82) is 0 Å². The fourth-order valence-corrected chi connectivity index (χ4v) is 4.20. The zero-order chi connectivity index (χ0) is 22.9. The van der Waals surface area contributed by atoms with Gasteiger partial charge in [0.15, 0.2) is 5.65 Å². The van der Waals surface area contributed by atoms with Crippen molar-refractivity contribution < 1.29 is 9.90 Å². The van der Waals surface area contributed by atoms with Gasteiger partial charge in [-0.15, -0.1) is 10.2 Å². The van der Waals surface area contributed by atoms with E-state index in [0.717, 1.165) is 34.3 Å². The fourth-order valence-electron chi connectivity index (χ4n) is 4.20. The number of nitrogens with zero attached hydrogens (tertiary/aromatic N) is 4. The predicted octanol–water partition coefficient (Wildman–Crippen LogP) is 3.96. The summed E-state index contributed by atoms with van der Waals surface area (Å²) < 4.78 is 0. The molecule has 2 N–H and O–H groups in total. The molecule has 1 aliphatic rings. The van der Waals surface area contributed by atoms with Gasteiger partial charge in [-0.05, 0) is 49.5 Å². The number of fused-ring (bicyclic) bond motifs is 2. The minimum absolute atomic E-state index is 0.0221. The summed E-state index contributed by atoms with van der Waals surface area (Å²) in [6.45, 7) is 1.91. The summed E-state index contributed by atoms with van der Waals surface area (Å²) >= 11 is 0. The standard InChI is InChI=1S/C26H25N5O2/c1-30(2)12-6-11-25(33)31-15-17-7-5-9-19(21(17)16-31)22-13-18-14-23(28-29-26(18)27-22)20-8-3-4-10-24(20)32/h3-11,13-14,32H,12,15-16H2,1-2H3,(H,27,29)/b11-6+. The number of para-hydroxylation sites is 1. The van der Waals surface area contributed by atoms with Gasteiger partial charge < -0.3 is 19.9 Å². The quantitative estimate of drug-likeness (QED) is 0.460. The lowest BCUT2D eigenvalue weighted by molar-refractivity contribution is -0.126. The maximum atomic E-state index is 12.7. The molecule has 0 fully saturated rings. The number of carbonyl (C=O) groups excluding carboxylic acids is 1. The van der Waals surface area contributed by atoms with Crippen molar-refractivity contribution in [3.63, 3.8) is 0 Å². The smallest absolute Gasteiger partial charge is 0.246 e. The van der Waals surface area contributed by atoms with E-state index in [9.17, 15) is 9.90 Å². The molecule has 0 aliphatic carbocycles. The van der Waals surface area contributed by atoms with Crippen LogP contribution in [-0.4, -0.2) is 56.6 Å². The minimum atomic E-state index is 0.0221. The van der Waals surface area contributed by atoms with Gasteiger partial charge >= 0.3 is 0 Å². The Morgan fingerprint density at radius 1 is 1.09 bits per heavy atom. The molecule has 1 aliphatic heterocycles. The van der Waals surface area contributed by atoms with E-state index in [1.807, 2.05) is 60.3 Å². The van der Waals surface area contributed by atoms with Crippen molar-refractivity contribution in [2.24, 2.45) is 0 Å². The molecule has 4 aromatic rings. The van der Waals surface area contributed by atoms with Gasteiger partial charge in [0.1, 0.15) is 5.75 Å². The van der Waals surface area contributed by atoms with Crippen molar-refractivity contribution in [3.8, 4) is 28.3 Å². The highest BCUT2D eigenvalue weighted by Crippen LogP contribution is 2.35. The Labute approximate surface area is 192 Å². The molecule has 2 aromatic carbocycles. The number of hydrogen-bond acceptors (Lipinski definition) is 5. The number of amides is 1. The molecule has 0 bridgehead atoms. The summed E-state index contributed by atoms with van der Waals surface area (Å²) in [7, 11) is 3.95. The van der Waals surface area contributed by atoms with Gasteiger partial charge in [-0.2, -0.15) is 0 Å². The molecule has 0 radical (unpaired) electrons. The zero-order valence-electron chi connectivity index (χ0n) is 18.6. The van der Waals surface area contributed by atoms with Crippen LogP contribution in [-0.2, 0) is 17.9 Å². The number of aromatic hydroxyl groups is 1. The number of likely N-dealkylation sites (N-methyl/N-ethyl adjacent to an activating group) is 1. The summed E-state index contributed by atoms with van der Waals surface area (Å²) in [5.41, 5.74) is 6.23. The Bertz CT molecular complexity index is 1370. The lowest BCUT2D eigenvalue weighted by Crippen LogP contribution is -2.23. The molecule has 7 nitrogen and oxygen atoms in total. The second-order valence-corrected chi connectivity index (χ2v) is 8.54. The summed E-state index contributed by atoms with van der Waals surface area (Å²) in [5.74, 6) is 0.195. The van der Waals surface area contributed by atoms with Crippen LogP contribution in [0.15, 0.2) is 66.7 Å². The number of carbonyl (C=O) groups is 1. The second-order valence-electron chi connectivity index (χ2n) is 8.54. The van der Waals surface area contributed by atoms with E-state index < -0.39 is 0 Å². The normalized spacial score (nSPS) is 13.4. The Kier molecular flexibility index (Phi) is 5.40. The molecule has 3 heterocycles. The molecular formula is C26H25N5O2. The summed E-state index contributed by atoms with van der Waals surface area (Å²) in [6, 6.07) is 17.2. The average Bonchev–Trinajstić information content (AvgIpc) is 3.42. The Hall–Kier alpha value is -3.97. The Morgan fingerprint density at radius 2 is 1.91 bits per heavy atom. The fraction of sp³-hybridized carbons (Fsp3) is 0.192. The van der Waals surface area contributed by atoms with E-state index in [-0.39, 0.29) is 11.7 Å². The number of hydrogen-bond donors (Lipinski definition) is 2. The molecule has 5 rings (SSSR count). The molecule has 0 atom stereocenters.